The second kappa shape index (κ2) is 8.49. The molecule has 4 rings (SSSR count). The van der Waals surface area contributed by atoms with Crippen LogP contribution in [0.15, 0.2) is 79.1 Å². The molecule has 0 bridgehead atoms. The minimum Gasteiger partial charge on any atom is -0.369 e. The van der Waals surface area contributed by atoms with Gasteiger partial charge in [0.2, 0.25) is 11.8 Å². The zero-order chi connectivity index (χ0) is 21.0. The molecular weight excluding hydrogens is 374 g/mol. The van der Waals surface area contributed by atoms with Gasteiger partial charge in [-0.1, -0.05) is 60.7 Å². The Labute approximate surface area is 176 Å². The number of hydrogen-bond donors (Lipinski definition) is 1. The van der Waals surface area contributed by atoms with E-state index >= 15 is 0 Å². The Morgan fingerprint density at radius 1 is 1.00 bits per heavy atom. The third-order valence-corrected chi connectivity index (χ3v) is 5.94. The molecule has 3 aromatic rings. The highest BCUT2D eigenvalue weighted by Gasteiger charge is 2.45. The van der Waals surface area contributed by atoms with Crippen LogP contribution in [-0.4, -0.2) is 34.8 Å². The van der Waals surface area contributed by atoms with Gasteiger partial charge in [-0.05, 0) is 41.2 Å². The topological polar surface area (TPSA) is 76.3 Å². The smallest absolute Gasteiger partial charge is 0.227 e. The molecule has 1 saturated heterocycles. The number of amides is 2. The van der Waals surface area contributed by atoms with E-state index in [1.165, 1.54) is 0 Å². The first kappa shape index (κ1) is 19.8. The molecule has 1 aliphatic heterocycles. The number of primary amides is 1. The van der Waals surface area contributed by atoms with Crippen LogP contribution in [0.5, 0.6) is 0 Å². The monoisotopic (exact) mass is 399 g/mol. The molecule has 1 fully saturated rings. The summed E-state index contributed by atoms with van der Waals surface area (Å²) < 4.78 is 0. The lowest BCUT2D eigenvalue weighted by atomic mass is 9.78. The first-order valence-corrected chi connectivity index (χ1v) is 10.2. The van der Waals surface area contributed by atoms with Crippen LogP contribution in [0.4, 0.5) is 0 Å². The number of likely N-dealkylation sites (tertiary alicyclic amines) is 1. The lowest BCUT2D eigenvalue weighted by Gasteiger charge is -2.27. The van der Waals surface area contributed by atoms with E-state index in [9.17, 15) is 9.59 Å². The molecular formula is C25H25N3O2. The number of pyridine rings is 1. The molecule has 30 heavy (non-hydrogen) atoms. The molecule has 0 radical (unpaired) electrons. The summed E-state index contributed by atoms with van der Waals surface area (Å²) in [6.45, 7) is 0.889. The minimum absolute atomic E-state index is 0.00229. The van der Waals surface area contributed by atoms with Gasteiger partial charge >= 0.3 is 0 Å². The van der Waals surface area contributed by atoms with E-state index < -0.39 is 5.41 Å². The maximum Gasteiger partial charge on any atom is 0.227 e. The van der Waals surface area contributed by atoms with Gasteiger partial charge in [0.15, 0.2) is 0 Å². The van der Waals surface area contributed by atoms with Gasteiger partial charge in [-0.15, -0.1) is 0 Å². The van der Waals surface area contributed by atoms with Crippen molar-refractivity contribution in [3.05, 3.63) is 90.3 Å². The predicted molar refractivity (Wildman–Crippen MR) is 116 cm³/mol. The number of carbonyl (C=O) groups is 2. The Hall–Kier alpha value is -3.47. The summed E-state index contributed by atoms with van der Waals surface area (Å²) in [6.07, 6.45) is 4.76. The molecule has 5 heteroatoms. The fraction of sp³-hybridized carbons (Fsp3) is 0.240. The van der Waals surface area contributed by atoms with Crippen molar-refractivity contribution in [2.75, 3.05) is 13.1 Å². The number of hydrogen-bond acceptors (Lipinski definition) is 3. The Kier molecular flexibility index (Phi) is 5.61. The highest BCUT2D eigenvalue weighted by molar-refractivity contribution is 5.85. The zero-order valence-electron chi connectivity index (χ0n) is 16.8. The van der Waals surface area contributed by atoms with E-state index in [-0.39, 0.29) is 18.2 Å². The number of carbonyl (C=O) groups excluding carboxylic acids is 2. The number of rotatable bonds is 6. The molecule has 0 aliphatic carbocycles. The maximum atomic E-state index is 12.8. The van der Waals surface area contributed by atoms with E-state index in [1.807, 2.05) is 48.5 Å². The average molecular weight is 399 g/mol. The Morgan fingerprint density at radius 2 is 1.77 bits per heavy atom. The SMILES string of the molecule is NC(=O)[C@]1(Cc2ccccc2-c2ccccc2)CCN(C(=O)Cc2cccnc2)C1. The van der Waals surface area contributed by atoms with Crippen LogP contribution in [0.25, 0.3) is 11.1 Å². The Morgan fingerprint density at radius 3 is 2.50 bits per heavy atom. The predicted octanol–water partition coefficient (Wildman–Crippen LogP) is 3.24. The summed E-state index contributed by atoms with van der Waals surface area (Å²) >= 11 is 0. The van der Waals surface area contributed by atoms with Crippen LogP contribution in [0.2, 0.25) is 0 Å². The molecule has 2 N–H and O–H groups in total. The summed E-state index contributed by atoms with van der Waals surface area (Å²) in [4.78, 5) is 31.2. The van der Waals surface area contributed by atoms with E-state index in [0.717, 1.165) is 22.3 Å². The summed E-state index contributed by atoms with van der Waals surface area (Å²) in [5, 5.41) is 0. The van der Waals surface area contributed by atoms with Crippen LogP contribution in [0, 0.1) is 5.41 Å². The first-order valence-electron chi connectivity index (χ1n) is 10.2. The number of nitrogens with two attached hydrogens (primary N) is 1. The highest BCUT2D eigenvalue weighted by Crippen LogP contribution is 2.37. The van der Waals surface area contributed by atoms with Crippen molar-refractivity contribution in [2.24, 2.45) is 11.1 Å². The van der Waals surface area contributed by atoms with Crippen molar-refractivity contribution in [3.63, 3.8) is 0 Å². The van der Waals surface area contributed by atoms with Crippen molar-refractivity contribution < 1.29 is 9.59 Å². The lowest BCUT2D eigenvalue weighted by molar-refractivity contribution is -0.131. The number of aromatic nitrogens is 1. The van der Waals surface area contributed by atoms with Crippen molar-refractivity contribution in [2.45, 2.75) is 19.3 Å². The molecule has 0 spiro atoms. The quantitative estimate of drug-likeness (QED) is 0.691. The van der Waals surface area contributed by atoms with Crippen LogP contribution in [0.3, 0.4) is 0 Å². The standard InChI is InChI=1S/C25H25N3O2/c26-24(30)25(12-14-28(18-25)23(29)15-19-7-6-13-27-17-19)16-21-10-4-5-11-22(21)20-8-2-1-3-9-20/h1-11,13,17H,12,14-16,18H2,(H2,26,30)/t25-/m0/s1. The molecule has 0 unspecified atom stereocenters. The van der Waals surface area contributed by atoms with Crippen molar-refractivity contribution in [3.8, 4) is 11.1 Å². The molecule has 5 nitrogen and oxygen atoms in total. The van der Waals surface area contributed by atoms with Gasteiger partial charge in [0.1, 0.15) is 0 Å². The molecule has 1 aromatic heterocycles. The molecule has 1 atom stereocenters. The van der Waals surface area contributed by atoms with Gasteiger partial charge in [-0.25, -0.2) is 0 Å². The van der Waals surface area contributed by atoms with E-state index in [2.05, 4.69) is 23.2 Å². The van der Waals surface area contributed by atoms with E-state index in [1.54, 1.807) is 17.3 Å². The molecule has 0 saturated carbocycles. The van der Waals surface area contributed by atoms with Gasteiger partial charge in [0, 0.05) is 25.5 Å². The van der Waals surface area contributed by atoms with E-state index in [0.29, 0.717) is 25.9 Å². The fourth-order valence-electron chi connectivity index (χ4n) is 4.25. The summed E-state index contributed by atoms with van der Waals surface area (Å²) in [5.41, 5.74) is 9.29. The normalized spacial score (nSPS) is 18.3. The highest BCUT2D eigenvalue weighted by atomic mass is 16.2. The van der Waals surface area contributed by atoms with Crippen LogP contribution in [0.1, 0.15) is 17.5 Å². The third kappa shape index (κ3) is 4.10. The van der Waals surface area contributed by atoms with Crippen molar-refractivity contribution in [1.29, 1.82) is 0 Å². The van der Waals surface area contributed by atoms with Gasteiger partial charge in [0.05, 0.1) is 11.8 Å². The van der Waals surface area contributed by atoms with Crippen LogP contribution >= 0.6 is 0 Å². The second-order valence-corrected chi connectivity index (χ2v) is 7.95. The Bertz CT molecular complexity index is 1040. The average Bonchev–Trinajstić information content (AvgIpc) is 3.21. The molecule has 2 heterocycles. The third-order valence-electron chi connectivity index (χ3n) is 5.94. The summed E-state index contributed by atoms with van der Waals surface area (Å²) in [7, 11) is 0. The largest absolute Gasteiger partial charge is 0.369 e. The maximum absolute atomic E-state index is 12.8. The fourth-order valence-corrected chi connectivity index (χ4v) is 4.25. The van der Waals surface area contributed by atoms with Crippen molar-refractivity contribution in [1.82, 2.24) is 9.88 Å². The summed E-state index contributed by atoms with van der Waals surface area (Å²) in [5.74, 6) is -0.343. The number of nitrogens with zero attached hydrogens (tertiary/aromatic N) is 2. The van der Waals surface area contributed by atoms with Gasteiger partial charge in [0.25, 0.3) is 0 Å². The van der Waals surface area contributed by atoms with Crippen LogP contribution < -0.4 is 5.73 Å². The van der Waals surface area contributed by atoms with Crippen LogP contribution in [-0.2, 0) is 22.4 Å². The molecule has 1 aliphatic rings. The van der Waals surface area contributed by atoms with Gasteiger partial charge < -0.3 is 10.6 Å². The first-order chi connectivity index (χ1) is 14.6. The van der Waals surface area contributed by atoms with E-state index in [4.69, 9.17) is 5.73 Å². The number of benzene rings is 2. The summed E-state index contributed by atoms with van der Waals surface area (Å²) in [6, 6.07) is 21.9. The second-order valence-electron chi connectivity index (χ2n) is 7.95. The lowest BCUT2D eigenvalue weighted by Crippen LogP contribution is -2.42. The molecule has 2 aromatic carbocycles. The molecule has 152 valence electrons. The zero-order valence-corrected chi connectivity index (χ0v) is 16.8. The Balaban J connectivity index is 1.56. The van der Waals surface area contributed by atoms with Crippen molar-refractivity contribution >= 4 is 11.8 Å². The minimum atomic E-state index is -0.754. The molecule has 2 amide bonds. The van der Waals surface area contributed by atoms with Gasteiger partial charge in [-0.2, -0.15) is 0 Å². The van der Waals surface area contributed by atoms with Gasteiger partial charge in [-0.3, -0.25) is 14.6 Å².